The van der Waals surface area contributed by atoms with Crippen LogP contribution in [0.5, 0.6) is 0 Å². The fourth-order valence-corrected chi connectivity index (χ4v) is 1.65. The van der Waals surface area contributed by atoms with E-state index in [4.69, 9.17) is 0 Å². The molecule has 0 aliphatic rings. The van der Waals surface area contributed by atoms with E-state index in [1.807, 2.05) is 6.08 Å². The van der Waals surface area contributed by atoms with E-state index in [9.17, 15) is 4.79 Å². The first kappa shape index (κ1) is 14.4. The van der Waals surface area contributed by atoms with Gasteiger partial charge in [-0.05, 0) is 37.7 Å². The van der Waals surface area contributed by atoms with Crippen molar-refractivity contribution in [3.63, 3.8) is 0 Å². The lowest BCUT2D eigenvalue weighted by Gasteiger charge is -2.10. The van der Waals surface area contributed by atoms with E-state index in [-0.39, 0.29) is 5.78 Å². The largest absolute Gasteiger partial charge is 0.295 e. The molecule has 0 spiro atoms. The normalized spacial score (nSPS) is 13.7. The average Bonchev–Trinajstić information content (AvgIpc) is 2.11. The van der Waals surface area contributed by atoms with Gasteiger partial charge in [0.05, 0.1) is 0 Å². The highest BCUT2D eigenvalue weighted by molar-refractivity contribution is 5.87. The summed E-state index contributed by atoms with van der Waals surface area (Å²) in [6.07, 6.45) is 9.95. The van der Waals surface area contributed by atoms with Crippen molar-refractivity contribution in [1.82, 2.24) is 0 Å². The lowest BCUT2D eigenvalue weighted by atomic mass is 9.96. The van der Waals surface area contributed by atoms with Gasteiger partial charge in [0.2, 0.25) is 0 Å². The van der Waals surface area contributed by atoms with E-state index < -0.39 is 0 Å². The zero-order valence-corrected chi connectivity index (χ0v) is 10.8. The van der Waals surface area contributed by atoms with E-state index >= 15 is 0 Å². The molecule has 15 heavy (non-hydrogen) atoms. The Bertz CT molecular complexity index is 192. The predicted octanol–water partition coefficient (Wildman–Crippen LogP) is 4.37. The van der Waals surface area contributed by atoms with Crippen molar-refractivity contribution >= 4 is 5.78 Å². The molecule has 0 heterocycles. The maximum absolute atomic E-state index is 10.6. The minimum Gasteiger partial charge on any atom is -0.295 e. The maximum atomic E-state index is 10.6. The second-order valence-corrected chi connectivity index (χ2v) is 5.02. The van der Waals surface area contributed by atoms with E-state index in [0.29, 0.717) is 0 Å². The summed E-state index contributed by atoms with van der Waals surface area (Å²) in [5, 5.41) is 0. The van der Waals surface area contributed by atoms with Crippen LogP contribution >= 0.6 is 0 Å². The lowest BCUT2D eigenvalue weighted by Crippen LogP contribution is -1.96. The van der Waals surface area contributed by atoms with Crippen molar-refractivity contribution in [2.75, 3.05) is 0 Å². The van der Waals surface area contributed by atoms with Gasteiger partial charge >= 0.3 is 0 Å². The molecule has 0 N–H and O–H groups in total. The zero-order chi connectivity index (χ0) is 11.7. The standard InChI is InChI=1S/C14H26O/c1-12(2)8-7-10-13(3)9-5-6-11-14(4)15/h6,11-13H,5,7-10H2,1-4H3. The summed E-state index contributed by atoms with van der Waals surface area (Å²) in [7, 11) is 0. The Morgan fingerprint density at radius 3 is 2.33 bits per heavy atom. The van der Waals surface area contributed by atoms with Gasteiger partial charge in [0.15, 0.2) is 5.78 Å². The lowest BCUT2D eigenvalue weighted by molar-refractivity contribution is -0.112. The third-order valence-electron chi connectivity index (χ3n) is 2.66. The SMILES string of the molecule is CC(=O)C=CCCC(C)CCCC(C)C. The molecule has 0 aromatic rings. The van der Waals surface area contributed by atoms with E-state index in [1.54, 1.807) is 13.0 Å². The number of carbonyl (C=O) groups is 1. The summed E-state index contributed by atoms with van der Waals surface area (Å²) in [5.41, 5.74) is 0. The summed E-state index contributed by atoms with van der Waals surface area (Å²) in [5.74, 6) is 1.78. The number of allylic oxidation sites excluding steroid dienone is 2. The Hall–Kier alpha value is -0.590. The molecule has 1 atom stereocenters. The van der Waals surface area contributed by atoms with Crippen molar-refractivity contribution in [1.29, 1.82) is 0 Å². The second-order valence-electron chi connectivity index (χ2n) is 5.02. The van der Waals surface area contributed by atoms with E-state index in [1.165, 1.54) is 25.7 Å². The van der Waals surface area contributed by atoms with Gasteiger partial charge < -0.3 is 0 Å². The molecule has 0 aromatic carbocycles. The van der Waals surface area contributed by atoms with Crippen LogP contribution in [0, 0.1) is 11.8 Å². The van der Waals surface area contributed by atoms with Crippen molar-refractivity contribution < 1.29 is 4.79 Å². The first-order valence-corrected chi connectivity index (χ1v) is 6.19. The highest BCUT2D eigenvalue weighted by Gasteiger charge is 2.01. The molecule has 1 unspecified atom stereocenters. The van der Waals surface area contributed by atoms with Crippen molar-refractivity contribution in [3.05, 3.63) is 12.2 Å². The Labute approximate surface area is 95.0 Å². The topological polar surface area (TPSA) is 17.1 Å². The monoisotopic (exact) mass is 210 g/mol. The molecule has 0 saturated heterocycles. The molecule has 0 saturated carbocycles. The van der Waals surface area contributed by atoms with Gasteiger partial charge in [-0.25, -0.2) is 0 Å². The summed E-state index contributed by atoms with van der Waals surface area (Å²) >= 11 is 0. The number of rotatable bonds is 8. The third kappa shape index (κ3) is 11.3. The minimum absolute atomic E-state index is 0.155. The number of hydrogen-bond acceptors (Lipinski definition) is 1. The molecule has 0 aromatic heterocycles. The molecule has 1 heteroatoms. The average molecular weight is 210 g/mol. The Morgan fingerprint density at radius 2 is 1.80 bits per heavy atom. The zero-order valence-electron chi connectivity index (χ0n) is 10.8. The van der Waals surface area contributed by atoms with Gasteiger partial charge in [0.1, 0.15) is 0 Å². The maximum Gasteiger partial charge on any atom is 0.152 e. The first-order valence-electron chi connectivity index (χ1n) is 6.19. The van der Waals surface area contributed by atoms with Gasteiger partial charge in [-0.3, -0.25) is 4.79 Å². The Balaban J connectivity index is 3.41. The van der Waals surface area contributed by atoms with Crippen LogP contribution in [0.25, 0.3) is 0 Å². The van der Waals surface area contributed by atoms with Gasteiger partial charge in [-0.15, -0.1) is 0 Å². The summed E-state index contributed by atoms with van der Waals surface area (Å²) in [6, 6.07) is 0. The molecule has 0 amide bonds. The molecule has 0 rings (SSSR count). The molecular weight excluding hydrogens is 184 g/mol. The van der Waals surface area contributed by atoms with Crippen LogP contribution in [0.2, 0.25) is 0 Å². The number of ketones is 1. The van der Waals surface area contributed by atoms with Crippen molar-refractivity contribution in [2.24, 2.45) is 11.8 Å². The van der Waals surface area contributed by atoms with E-state index in [2.05, 4.69) is 20.8 Å². The van der Waals surface area contributed by atoms with Gasteiger partial charge in [0, 0.05) is 0 Å². The molecule has 1 nitrogen and oxygen atoms in total. The summed E-state index contributed by atoms with van der Waals surface area (Å²) in [4.78, 5) is 10.6. The molecule has 0 radical (unpaired) electrons. The molecule has 0 aliphatic heterocycles. The van der Waals surface area contributed by atoms with Gasteiger partial charge in [0.25, 0.3) is 0 Å². The highest BCUT2D eigenvalue weighted by atomic mass is 16.1. The van der Waals surface area contributed by atoms with Crippen LogP contribution in [0.1, 0.15) is 59.8 Å². The third-order valence-corrected chi connectivity index (χ3v) is 2.66. The minimum atomic E-state index is 0.155. The smallest absolute Gasteiger partial charge is 0.152 e. The highest BCUT2D eigenvalue weighted by Crippen LogP contribution is 2.16. The van der Waals surface area contributed by atoms with Crippen LogP contribution < -0.4 is 0 Å². The van der Waals surface area contributed by atoms with Gasteiger partial charge in [-0.2, -0.15) is 0 Å². The van der Waals surface area contributed by atoms with Crippen LogP contribution in [0.15, 0.2) is 12.2 Å². The molecule has 0 bridgehead atoms. The fraction of sp³-hybridized carbons (Fsp3) is 0.786. The van der Waals surface area contributed by atoms with Crippen molar-refractivity contribution in [3.8, 4) is 0 Å². The van der Waals surface area contributed by atoms with Crippen LogP contribution in [-0.4, -0.2) is 5.78 Å². The number of carbonyl (C=O) groups excluding carboxylic acids is 1. The summed E-state index contributed by atoms with van der Waals surface area (Å²) < 4.78 is 0. The molecule has 0 fully saturated rings. The second kappa shape index (κ2) is 8.70. The predicted molar refractivity (Wildman–Crippen MR) is 66.9 cm³/mol. The Kier molecular flexibility index (Phi) is 8.35. The first-order chi connectivity index (χ1) is 7.02. The Morgan fingerprint density at radius 1 is 1.13 bits per heavy atom. The molecule has 0 aliphatic carbocycles. The summed E-state index contributed by atoms with van der Waals surface area (Å²) in [6.45, 7) is 8.46. The molecular formula is C14H26O. The fourth-order valence-electron chi connectivity index (χ4n) is 1.65. The van der Waals surface area contributed by atoms with Crippen LogP contribution in [0.3, 0.4) is 0 Å². The molecule has 88 valence electrons. The van der Waals surface area contributed by atoms with Gasteiger partial charge in [-0.1, -0.05) is 46.1 Å². The van der Waals surface area contributed by atoms with Crippen LogP contribution in [0.4, 0.5) is 0 Å². The number of hydrogen-bond donors (Lipinski definition) is 0. The van der Waals surface area contributed by atoms with Crippen molar-refractivity contribution in [2.45, 2.75) is 59.8 Å². The van der Waals surface area contributed by atoms with Crippen LogP contribution in [-0.2, 0) is 4.79 Å². The quantitative estimate of drug-likeness (QED) is 0.543. The van der Waals surface area contributed by atoms with E-state index in [0.717, 1.165) is 18.3 Å².